The highest BCUT2D eigenvalue weighted by molar-refractivity contribution is 8.32. The third-order valence-electron chi connectivity index (χ3n) is 3.78. The molecule has 0 radical (unpaired) electrons. The van der Waals surface area contributed by atoms with E-state index >= 15 is 0 Å². The van der Waals surface area contributed by atoms with Crippen LogP contribution in [0.4, 0.5) is 0 Å². The average Bonchev–Trinajstić information content (AvgIpc) is 2.92. The molecule has 3 aromatic rings. The van der Waals surface area contributed by atoms with Crippen LogP contribution >= 0.6 is 21.6 Å². The van der Waals surface area contributed by atoms with Gasteiger partial charge in [0.25, 0.3) is 0 Å². The lowest BCUT2D eigenvalue weighted by Gasteiger charge is -2.24. The molecule has 0 bridgehead atoms. The number of H-pyrrole nitrogens is 1. The summed E-state index contributed by atoms with van der Waals surface area (Å²) in [7, 11) is -0.602. The van der Waals surface area contributed by atoms with Crippen LogP contribution in [0.15, 0.2) is 35.5 Å². The summed E-state index contributed by atoms with van der Waals surface area (Å²) in [5.74, 6) is 1.04. The van der Waals surface area contributed by atoms with E-state index in [-0.39, 0.29) is 5.56 Å². The van der Waals surface area contributed by atoms with Gasteiger partial charge in [-0.15, -0.1) is 0 Å². The van der Waals surface area contributed by atoms with E-state index in [0.717, 1.165) is 22.4 Å². The number of ether oxygens (including phenoxy) is 1. The van der Waals surface area contributed by atoms with E-state index in [1.165, 1.54) is 12.4 Å². The van der Waals surface area contributed by atoms with Crippen molar-refractivity contribution in [1.29, 1.82) is 0 Å². The normalized spacial score (nSPS) is 12.6. The Hall–Kier alpha value is -1.83. The molecule has 0 spiro atoms. The van der Waals surface area contributed by atoms with E-state index in [4.69, 9.17) is 16.3 Å². The Labute approximate surface area is 152 Å². The highest BCUT2D eigenvalue weighted by Crippen LogP contribution is 2.34. The molecule has 6 nitrogen and oxygen atoms in total. The minimum atomic E-state index is -0.602. The summed E-state index contributed by atoms with van der Waals surface area (Å²) in [4.78, 5) is 22.4. The smallest absolute Gasteiger partial charge is 0.247 e. The van der Waals surface area contributed by atoms with Gasteiger partial charge in [0.2, 0.25) is 5.56 Å². The number of nitrogens with zero attached hydrogens (tertiary/aromatic N) is 3. The molecule has 0 aromatic carbocycles. The van der Waals surface area contributed by atoms with Crippen molar-refractivity contribution in [3.63, 3.8) is 0 Å². The van der Waals surface area contributed by atoms with Gasteiger partial charge in [-0.1, -0.05) is 11.6 Å². The fourth-order valence-corrected chi connectivity index (χ4v) is 3.24. The monoisotopic (exact) mass is 380 g/mol. The lowest BCUT2D eigenvalue weighted by atomic mass is 10.2. The van der Waals surface area contributed by atoms with Gasteiger partial charge in [0.1, 0.15) is 23.9 Å². The molecule has 3 aromatic heterocycles. The summed E-state index contributed by atoms with van der Waals surface area (Å²) in [5, 5.41) is 1.16. The molecule has 8 heteroatoms. The predicted octanol–water partition coefficient (Wildman–Crippen LogP) is 3.11. The summed E-state index contributed by atoms with van der Waals surface area (Å²) in [6.07, 6.45) is 9.91. The third kappa shape index (κ3) is 4.23. The van der Waals surface area contributed by atoms with Gasteiger partial charge in [0.05, 0.1) is 17.7 Å². The van der Waals surface area contributed by atoms with Gasteiger partial charge in [-0.25, -0.2) is 20.0 Å². The van der Waals surface area contributed by atoms with Crippen molar-refractivity contribution in [3.05, 3.63) is 46.2 Å². The third-order valence-corrected chi connectivity index (χ3v) is 5.47. The number of fused-ring (bicyclic) bond motifs is 1. The zero-order chi connectivity index (χ0) is 18.0. The van der Waals surface area contributed by atoms with Crippen molar-refractivity contribution >= 4 is 32.7 Å². The minimum Gasteiger partial charge on any atom is -0.360 e. The van der Waals surface area contributed by atoms with Crippen molar-refractivity contribution in [2.45, 2.75) is 6.73 Å². The van der Waals surface area contributed by atoms with E-state index in [0.29, 0.717) is 24.1 Å². The van der Waals surface area contributed by atoms with Crippen LogP contribution in [-0.2, 0) is 11.5 Å². The maximum Gasteiger partial charge on any atom is 0.247 e. The van der Waals surface area contributed by atoms with Crippen molar-refractivity contribution in [1.82, 2.24) is 19.5 Å². The molecule has 0 unspecified atom stereocenters. The Morgan fingerprint density at radius 1 is 1.28 bits per heavy atom. The average molecular weight is 381 g/mol. The van der Waals surface area contributed by atoms with Crippen LogP contribution < -0.4 is 5.56 Å². The zero-order valence-electron chi connectivity index (χ0n) is 14.5. The van der Waals surface area contributed by atoms with Crippen LogP contribution in [0.1, 0.15) is 0 Å². The molecule has 25 heavy (non-hydrogen) atoms. The molecule has 0 saturated carbocycles. The van der Waals surface area contributed by atoms with Crippen LogP contribution in [0.25, 0.3) is 22.3 Å². The SMILES string of the molecule is CS(C)(C)CCOCn1c(-c2ccc(=O)[nH]c2)cc2c(Cl)ncnc21. The Morgan fingerprint density at radius 2 is 2.08 bits per heavy atom. The first-order valence-corrected chi connectivity index (χ1v) is 11.2. The number of halogens is 1. The Bertz CT molecular complexity index is 925. The Balaban J connectivity index is 1.96. The number of hydrogen-bond donors (Lipinski definition) is 1. The lowest BCUT2D eigenvalue weighted by Crippen LogP contribution is -2.11. The predicted molar refractivity (Wildman–Crippen MR) is 105 cm³/mol. The Kier molecular flexibility index (Phi) is 5.17. The van der Waals surface area contributed by atoms with Crippen molar-refractivity contribution in [2.75, 3.05) is 31.1 Å². The van der Waals surface area contributed by atoms with Crippen molar-refractivity contribution in [3.8, 4) is 11.3 Å². The molecule has 3 heterocycles. The summed E-state index contributed by atoms with van der Waals surface area (Å²) in [5.41, 5.74) is 2.30. The maximum absolute atomic E-state index is 11.3. The first kappa shape index (κ1) is 18.0. The van der Waals surface area contributed by atoms with Crippen molar-refractivity contribution in [2.24, 2.45) is 0 Å². The largest absolute Gasteiger partial charge is 0.360 e. The summed E-state index contributed by atoms with van der Waals surface area (Å²) < 4.78 is 7.85. The van der Waals surface area contributed by atoms with Crippen LogP contribution in [0, 0.1) is 0 Å². The molecule has 0 atom stereocenters. The first-order chi connectivity index (χ1) is 11.8. The molecule has 3 rings (SSSR count). The summed E-state index contributed by atoms with van der Waals surface area (Å²) in [6, 6.07) is 5.18. The second-order valence-corrected chi connectivity index (χ2v) is 11.6. The molecular formula is C17H21ClN4O2S. The minimum absolute atomic E-state index is 0.145. The zero-order valence-corrected chi connectivity index (χ0v) is 16.0. The highest BCUT2D eigenvalue weighted by atomic mass is 35.5. The quantitative estimate of drug-likeness (QED) is 0.526. The summed E-state index contributed by atoms with van der Waals surface area (Å²) >= 11 is 6.22. The highest BCUT2D eigenvalue weighted by Gasteiger charge is 2.15. The number of nitrogens with one attached hydrogen (secondary N) is 1. The number of rotatable bonds is 6. The van der Waals surface area contributed by atoms with Gasteiger partial charge < -0.3 is 14.3 Å². The maximum atomic E-state index is 11.3. The van der Waals surface area contributed by atoms with E-state index in [2.05, 4.69) is 33.7 Å². The van der Waals surface area contributed by atoms with E-state index in [1.54, 1.807) is 12.3 Å². The second-order valence-electron chi connectivity index (χ2n) is 6.63. The molecule has 0 saturated heterocycles. The number of hydrogen-bond acceptors (Lipinski definition) is 4. The van der Waals surface area contributed by atoms with Crippen LogP contribution in [0.2, 0.25) is 5.15 Å². The van der Waals surface area contributed by atoms with E-state index in [1.807, 2.05) is 10.6 Å². The topological polar surface area (TPSA) is 72.8 Å². The first-order valence-electron chi connectivity index (χ1n) is 7.78. The molecule has 0 fully saturated rings. The molecule has 0 amide bonds. The van der Waals surface area contributed by atoms with Crippen molar-refractivity contribution < 1.29 is 4.74 Å². The molecular weight excluding hydrogens is 360 g/mol. The van der Waals surface area contributed by atoms with E-state index in [9.17, 15) is 4.79 Å². The molecule has 0 aliphatic heterocycles. The molecule has 134 valence electrons. The van der Waals surface area contributed by atoms with E-state index < -0.39 is 10.0 Å². The number of aromatic amines is 1. The fourth-order valence-electron chi connectivity index (χ4n) is 2.44. The van der Waals surface area contributed by atoms with Crippen LogP contribution in [0.5, 0.6) is 0 Å². The van der Waals surface area contributed by atoms with Crippen LogP contribution in [-0.4, -0.2) is 50.6 Å². The van der Waals surface area contributed by atoms with Gasteiger partial charge >= 0.3 is 0 Å². The van der Waals surface area contributed by atoms with Gasteiger partial charge in [-0.2, -0.15) is 0 Å². The van der Waals surface area contributed by atoms with Crippen LogP contribution in [0.3, 0.4) is 0 Å². The number of aromatic nitrogens is 4. The Morgan fingerprint density at radius 3 is 2.76 bits per heavy atom. The number of pyridine rings is 1. The second kappa shape index (κ2) is 7.19. The van der Waals surface area contributed by atoms with Gasteiger partial charge in [0.15, 0.2) is 0 Å². The van der Waals surface area contributed by atoms with Gasteiger partial charge in [-0.05, 0) is 30.9 Å². The lowest BCUT2D eigenvalue weighted by molar-refractivity contribution is 0.0934. The molecule has 1 N–H and O–H groups in total. The van der Waals surface area contributed by atoms with Gasteiger partial charge in [0, 0.05) is 23.6 Å². The fraction of sp³-hybridized carbons (Fsp3) is 0.353. The molecule has 0 aliphatic rings. The molecule has 0 aliphatic carbocycles. The summed E-state index contributed by atoms with van der Waals surface area (Å²) in [6.45, 7) is 1.04. The van der Waals surface area contributed by atoms with Gasteiger partial charge in [-0.3, -0.25) is 4.79 Å². The standard InChI is InChI=1S/C17H21ClN4O2S/c1-25(2,3)7-6-24-11-22-14(12-4-5-15(23)19-9-12)8-13-16(18)20-10-21-17(13)22/h4-5,8-10H,6-7,11H2,1-3H3,(H,19,23).